The van der Waals surface area contributed by atoms with Gasteiger partial charge in [-0.1, -0.05) is 109 Å². The molecule has 0 aliphatic heterocycles. The Balaban J connectivity index is 0.970. The molecule has 2 amide bonds. The SMILES string of the molecule is NCc1cc(C(=O)NCc2ccc3ccc4cccc5ccc2c3c45)cc(C(=O)NCc2ccc3ccc4cccc5ccc2c3c45)c1. The van der Waals surface area contributed by atoms with Gasteiger partial charge in [0.05, 0.1) is 0 Å². The highest BCUT2D eigenvalue weighted by Crippen LogP contribution is 2.37. The van der Waals surface area contributed by atoms with Crippen molar-refractivity contribution in [3.63, 3.8) is 0 Å². The zero-order chi connectivity index (χ0) is 32.4. The van der Waals surface area contributed by atoms with Crippen LogP contribution in [-0.2, 0) is 19.6 Å². The van der Waals surface area contributed by atoms with Crippen LogP contribution in [0, 0.1) is 0 Å². The maximum Gasteiger partial charge on any atom is 0.251 e. The summed E-state index contributed by atoms with van der Waals surface area (Å²) < 4.78 is 0. The number of hydrogen-bond acceptors (Lipinski definition) is 3. The minimum Gasteiger partial charge on any atom is -0.348 e. The predicted octanol–water partition coefficient (Wildman–Crippen LogP) is 8.80. The monoisotopic (exact) mass is 621 g/mol. The Morgan fingerprint density at radius 2 is 0.833 bits per heavy atom. The van der Waals surface area contributed by atoms with E-state index in [1.165, 1.54) is 53.9 Å². The van der Waals surface area contributed by atoms with Gasteiger partial charge in [0.2, 0.25) is 0 Å². The van der Waals surface area contributed by atoms with Crippen molar-refractivity contribution in [1.29, 1.82) is 0 Å². The number of hydrogen-bond donors (Lipinski definition) is 3. The lowest BCUT2D eigenvalue weighted by atomic mass is 9.92. The summed E-state index contributed by atoms with van der Waals surface area (Å²) >= 11 is 0. The van der Waals surface area contributed by atoms with Crippen molar-refractivity contribution in [3.8, 4) is 0 Å². The molecule has 0 atom stereocenters. The molecule has 0 saturated heterocycles. The van der Waals surface area contributed by atoms with Crippen LogP contribution in [0.25, 0.3) is 64.6 Å². The van der Waals surface area contributed by atoms with Gasteiger partial charge in [-0.05, 0) is 99.5 Å². The Hall–Kier alpha value is -6.04. The molecule has 5 heteroatoms. The van der Waals surface area contributed by atoms with E-state index in [0.717, 1.165) is 27.5 Å². The molecule has 0 aliphatic rings. The van der Waals surface area contributed by atoms with Gasteiger partial charge in [0, 0.05) is 30.8 Å². The number of carbonyl (C=O) groups is 2. The lowest BCUT2D eigenvalue weighted by Crippen LogP contribution is -2.26. The summed E-state index contributed by atoms with van der Waals surface area (Å²) in [6, 6.07) is 43.5. The number of benzene rings is 9. The molecule has 0 bridgehead atoms. The second-order valence-corrected chi connectivity index (χ2v) is 12.6. The average molecular weight is 622 g/mol. The lowest BCUT2D eigenvalue weighted by molar-refractivity contribution is 0.0950. The van der Waals surface area contributed by atoms with Crippen LogP contribution in [0.1, 0.15) is 37.4 Å². The first-order valence-electron chi connectivity index (χ1n) is 16.3. The van der Waals surface area contributed by atoms with E-state index in [4.69, 9.17) is 5.73 Å². The summed E-state index contributed by atoms with van der Waals surface area (Å²) in [5.41, 5.74) is 9.63. The van der Waals surface area contributed by atoms with Gasteiger partial charge in [0.25, 0.3) is 11.8 Å². The fourth-order valence-corrected chi connectivity index (χ4v) is 7.53. The van der Waals surface area contributed by atoms with Gasteiger partial charge in [-0.15, -0.1) is 0 Å². The molecule has 0 aromatic heterocycles. The fourth-order valence-electron chi connectivity index (χ4n) is 7.53. The minimum absolute atomic E-state index is 0.214. The predicted molar refractivity (Wildman–Crippen MR) is 197 cm³/mol. The van der Waals surface area contributed by atoms with Crippen molar-refractivity contribution < 1.29 is 9.59 Å². The molecule has 9 aromatic rings. The third-order valence-electron chi connectivity index (χ3n) is 9.87. The molecule has 0 radical (unpaired) electrons. The van der Waals surface area contributed by atoms with E-state index in [-0.39, 0.29) is 18.4 Å². The first-order chi connectivity index (χ1) is 23.6. The van der Waals surface area contributed by atoms with Crippen molar-refractivity contribution in [3.05, 3.63) is 155 Å². The Kier molecular flexibility index (Phi) is 6.49. The van der Waals surface area contributed by atoms with Crippen LogP contribution >= 0.6 is 0 Å². The van der Waals surface area contributed by atoms with Crippen LogP contribution in [0.5, 0.6) is 0 Å². The highest BCUT2D eigenvalue weighted by Gasteiger charge is 2.16. The van der Waals surface area contributed by atoms with Gasteiger partial charge >= 0.3 is 0 Å². The molecule has 9 rings (SSSR count). The molecule has 48 heavy (non-hydrogen) atoms. The molecule has 0 spiro atoms. The molecular weight excluding hydrogens is 590 g/mol. The molecule has 0 fully saturated rings. The van der Waals surface area contributed by atoms with Gasteiger partial charge in [0.15, 0.2) is 0 Å². The zero-order valence-electron chi connectivity index (χ0n) is 26.1. The van der Waals surface area contributed by atoms with Gasteiger partial charge in [-0.25, -0.2) is 0 Å². The molecular formula is C43H31N3O2. The van der Waals surface area contributed by atoms with E-state index in [2.05, 4.69) is 120 Å². The second-order valence-electron chi connectivity index (χ2n) is 12.6. The molecule has 230 valence electrons. The summed E-state index contributed by atoms with van der Waals surface area (Å²) in [6.07, 6.45) is 0. The van der Waals surface area contributed by atoms with Crippen LogP contribution in [0.2, 0.25) is 0 Å². The summed E-state index contributed by atoms with van der Waals surface area (Å²) in [4.78, 5) is 27.1. The van der Waals surface area contributed by atoms with Crippen LogP contribution in [-0.4, -0.2) is 11.8 Å². The summed E-state index contributed by atoms with van der Waals surface area (Å²) in [5.74, 6) is -0.506. The third kappa shape index (κ3) is 4.51. The number of rotatable bonds is 7. The highest BCUT2D eigenvalue weighted by atomic mass is 16.2. The highest BCUT2D eigenvalue weighted by molar-refractivity contribution is 6.24. The van der Waals surface area contributed by atoms with Crippen LogP contribution in [0.15, 0.2) is 127 Å². The normalized spacial score (nSPS) is 11.9. The summed E-state index contributed by atoms with van der Waals surface area (Å²) in [7, 11) is 0. The zero-order valence-corrected chi connectivity index (χ0v) is 26.1. The van der Waals surface area contributed by atoms with E-state index in [0.29, 0.717) is 24.2 Å². The maximum atomic E-state index is 13.5. The molecule has 0 heterocycles. The summed E-state index contributed by atoms with van der Waals surface area (Å²) in [6.45, 7) is 0.928. The van der Waals surface area contributed by atoms with Crippen molar-refractivity contribution in [2.75, 3.05) is 0 Å². The molecule has 5 nitrogen and oxygen atoms in total. The van der Waals surface area contributed by atoms with E-state index >= 15 is 0 Å². The van der Waals surface area contributed by atoms with E-state index < -0.39 is 0 Å². The Morgan fingerprint density at radius 1 is 0.458 bits per heavy atom. The third-order valence-corrected chi connectivity index (χ3v) is 9.87. The maximum absolute atomic E-state index is 13.5. The smallest absolute Gasteiger partial charge is 0.251 e. The van der Waals surface area contributed by atoms with Crippen LogP contribution in [0.3, 0.4) is 0 Å². The van der Waals surface area contributed by atoms with Gasteiger partial charge in [0.1, 0.15) is 0 Å². The molecule has 0 aliphatic carbocycles. The van der Waals surface area contributed by atoms with Crippen LogP contribution in [0.4, 0.5) is 0 Å². The number of nitrogens with two attached hydrogens (primary N) is 1. The van der Waals surface area contributed by atoms with Gasteiger partial charge in [-0.2, -0.15) is 0 Å². The van der Waals surface area contributed by atoms with Gasteiger partial charge < -0.3 is 16.4 Å². The molecule has 4 N–H and O–H groups in total. The number of nitrogens with one attached hydrogen (secondary N) is 2. The Labute approximate surface area is 276 Å². The van der Waals surface area contributed by atoms with Crippen LogP contribution < -0.4 is 16.4 Å². The standard InChI is InChI=1S/C43H31N3O2/c44-22-25-19-34(42(47)45-23-32-13-11-30-9-7-26-3-1-5-28-15-17-36(32)40(30)38(26)28)21-35(20-25)43(48)46-24-33-14-12-31-10-8-27-4-2-6-29-16-18-37(33)41(31)39(27)29/h1-21H,22-24,44H2,(H,45,47)(H,46,48). The van der Waals surface area contributed by atoms with Gasteiger partial charge in [-0.3, -0.25) is 9.59 Å². The quantitative estimate of drug-likeness (QED) is 0.156. The average Bonchev–Trinajstić information content (AvgIpc) is 3.14. The van der Waals surface area contributed by atoms with E-state index in [1.807, 2.05) is 0 Å². The number of carbonyl (C=O) groups excluding carboxylic acids is 2. The second kappa shape index (κ2) is 11.0. The first kappa shape index (κ1) is 28.2. The first-order valence-corrected chi connectivity index (χ1v) is 16.3. The summed E-state index contributed by atoms with van der Waals surface area (Å²) in [5, 5.41) is 20.5. The lowest BCUT2D eigenvalue weighted by Gasteiger charge is -2.15. The largest absolute Gasteiger partial charge is 0.348 e. The minimum atomic E-state index is -0.253. The Bertz CT molecular complexity index is 2500. The fraction of sp³-hybridized carbons (Fsp3) is 0.0698. The van der Waals surface area contributed by atoms with Crippen molar-refractivity contribution in [2.24, 2.45) is 5.73 Å². The molecule has 0 unspecified atom stereocenters. The van der Waals surface area contributed by atoms with E-state index in [9.17, 15) is 9.59 Å². The molecule has 9 aromatic carbocycles. The van der Waals surface area contributed by atoms with Crippen molar-refractivity contribution in [2.45, 2.75) is 19.6 Å². The van der Waals surface area contributed by atoms with E-state index in [1.54, 1.807) is 18.2 Å². The Morgan fingerprint density at radius 3 is 1.25 bits per heavy atom. The topological polar surface area (TPSA) is 84.2 Å². The molecule has 0 saturated carbocycles. The van der Waals surface area contributed by atoms with Crippen molar-refractivity contribution >= 4 is 76.4 Å². The number of amides is 2. The van der Waals surface area contributed by atoms with Crippen molar-refractivity contribution in [1.82, 2.24) is 10.6 Å².